The van der Waals surface area contributed by atoms with Gasteiger partial charge in [0, 0.05) is 11.6 Å². The second-order valence-electron chi connectivity index (χ2n) is 6.28. The van der Waals surface area contributed by atoms with Crippen molar-refractivity contribution < 1.29 is 4.79 Å². The zero-order valence-electron chi connectivity index (χ0n) is 16.0. The summed E-state index contributed by atoms with van der Waals surface area (Å²) in [4.78, 5) is 15.0. The zero-order chi connectivity index (χ0) is 18.9. The Morgan fingerprint density at radius 2 is 1.88 bits per heavy atom. The van der Waals surface area contributed by atoms with Gasteiger partial charge in [0.1, 0.15) is 0 Å². The number of carbonyl (C=O) groups excluding carboxylic acids is 1. The molecule has 0 bridgehead atoms. The molecule has 0 saturated carbocycles. The van der Waals surface area contributed by atoms with Crippen molar-refractivity contribution in [2.45, 2.75) is 40.0 Å². The molecular formula is C20H29ClN4O. The lowest BCUT2D eigenvalue weighted by atomic mass is 10.1. The number of benzene rings is 1. The van der Waals surface area contributed by atoms with Crippen LogP contribution in [0.15, 0.2) is 30.5 Å². The van der Waals surface area contributed by atoms with Crippen molar-refractivity contribution in [2.75, 3.05) is 26.2 Å². The van der Waals surface area contributed by atoms with E-state index in [1.54, 1.807) is 6.20 Å². The van der Waals surface area contributed by atoms with Crippen LogP contribution in [-0.2, 0) is 6.42 Å². The van der Waals surface area contributed by atoms with Crippen LogP contribution in [0, 0.1) is 0 Å². The predicted octanol–water partition coefficient (Wildman–Crippen LogP) is 3.94. The van der Waals surface area contributed by atoms with E-state index < -0.39 is 0 Å². The van der Waals surface area contributed by atoms with Gasteiger partial charge in [-0.3, -0.25) is 4.79 Å². The van der Waals surface area contributed by atoms with E-state index in [1.807, 2.05) is 28.9 Å². The lowest BCUT2D eigenvalue weighted by Crippen LogP contribution is -2.30. The number of rotatable bonds is 10. The first kappa shape index (κ1) is 20.5. The molecule has 0 aliphatic carbocycles. The van der Waals surface area contributed by atoms with E-state index in [2.05, 4.69) is 36.1 Å². The average molecular weight is 377 g/mol. The number of hydrogen-bond acceptors (Lipinski definition) is 3. The minimum atomic E-state index is -0.0480. The maximum Gasteiger partial charge on any atom is 0.254 e. The van der Waals surface area contributed by atoms with Gasteiger partial charge in [0.2, 0.25) is 0 Å². The molecule has 0 atom stereocenters. The molecule has 1 N–H and O–H groups in total. The molecular weight excluding hydrogens is 348 g/mol. The van der Waals surface area contributed by atoms with Gasteiger partial charge in [-0.05, 0) is 56.7 Å². The van der Waals surface area contributed by atoms with E-state index in [1.165, 1.54) is 0 Å². The smallest absolute Gasteiger partial charge is 0.254 e. The quantitative estimate of drug-likeness (QED) is 0.639. The highest BCUT2D eigenvalue weighted by Crippen LogP contribution is 2.19. The molecule has 1 aromatic carbocycles. The fraction of sp³-hybridized carbons (Fsp3) is 0.500. The minimum Gasteiger partial charge on any atom is -0.352 e. The molecule has 0 spiro atoms. The van der Waals surface area contributed by atoms with Crippen molar-refractivity contribution in [2.24, 2.45) is 0 Å². The highest BCUT2D eigenvalue weighted by molar-refractivity contribution is 6.30. The van der Waals surface area contributed by atoms with Crippen LogP contribution in [0.2, 0.25) is 5.02 Å². The second kappa shape index (κ2) is 10.3. The fourth-order valence-electron chi connectivity index (χ4n) is 2.99. The summed E-state index contributed by atoms with van der Waals surface area (Å²) < 4.78 is 1.84. The third-order valence-corrected chi connectivity index (χ3v) is 4.75. The fourth-order valence-corrected chi connectivity index (χ4v) is 3.11. The van der Waals surface area contributed by atoms with Gasteiger partial charge in [0.05, 0.1) is 23.1 Å². The summed E-state index contributed by atoms with van der Waals surface area (Å²) in [5.74, 6) is -0.0480. The van der Waals surface area contributed by atoms with Crippen molar-refractivity contribution in [1.82, 2.24) is 20.0 Å². The molecule has 2 rings (SSSR count). The van der Waals surface area contributed by atoms with Crippen LogP contribution in [0.1, 0.15) is 49.7 Å². The van der Waals surface area contributed by atoms with Crippen molar-refractivity contribution in [3.8, 4) is 5.69 Å². The number of hydrogen-bond donors (Lipinski definition) is 1. The summed E-state index contributed by atoms with van der Waals surface area (Å²) in [5, 5.41) is 8.16. The second-order valence-corrected chi connectivity index (χ2v) is 6.72. The summed E-state index contributed by atoms with van der Waals surface area (Å²) in [6.07, 6.45) is 4.35. The SMILES string of the molecule is CCCc1c(C(=O)NCCCN(CC)CC)cnn1-c1ccc(Cl)cc1. The van der Waals surface area contributed by atoms with Gasteiger partial charge >= 0.3 is 0 Å². The number of nitrogens with one attached hydrogen (secondary N) is 1. The predicted molar refractivity (Wildman–Crippen MR) is 107 cm³/mol. The van der Waals surface area contributed by atoms with Crippen LogP contribution in [0.5, 0.6) is 0 Å². The monoisotopic (exact) mass is 376 g/mol. The highest BCUT2D eigenvalue weighted by atomic mass is 35.5. The maximum absolute atomic E-state index is 12.6. The van der Waals surface area contributed by atoms with E-state index in [0.717, 1.165) is 50.3 Å². The van der Waals surface area contributed by atoms with Gasteiger partial charge in [-0.15, -0.1) is 0 Å². The number of carbonyl (C=O) groups is 1. The van der Waals surface area contributed by atoms with Crippen LogP contribution in [-0.4, -0.2) is 46.8 Å². The van der Waals surface area contributed by atoms with Gasteiger partial charge in [-0.1, -0.05) is 38.8 Å². The first-order valence-corrected chi connectivity index (χ1v) is 9.81. The molecule has 1 amide bonds. The first-order chi connectivity index (χ1) is 12.6. The Hall–Kier alpha value is -1.85. The van der Waals surface area contributed by atoms with Gasteiger partial charge in [-0.25, -0.2) is 4.68 Å². The van der Waals surface area contributed by atoms with Gasteiger partial charge < -0.3 is 10.2 Å². The molecule has 142 valence electrons. The Morgan fingerprint density at radius 1 is 1.19 bits per heavy atom. The number of amides is 1. The molecule has 0 radical (unpaired) electrons. The largest absolute Gasteiger partial charge is 0.352 e. The molecule has 2 aromatic rings. The third-order valence-electron chi connectivity index (χ3n) is 4.50. The molecule has 0 aliphatic heterocycles. The Morgan fingerprint density at radius 3 is 2.50 bits per heavy atom. The van der Waals surface area contributed by atoms with Crippen LogP contribution in [0.4, 0.5) is 0 Å². The number of aromatic nitrogens is 2. The van der Waals surface area contributed by atoms with E-state index >= 15 is 0 Å². The van der Waals surface area contributed by atoms with E-state index in [9.17, 15) is 4.79 Å². The molecule has 1 heterocycles. The summed E-state index contributed by atoms with van der Waals surface area (Å²) in [7, 11) is 0. The van der Waals surface area contributed by atoms with E-state index in [0.29, 0.717) is 17.1 Å². The van der Waals surface area contributed by atoms with Crippen molar-refractivity contribution in [3.63, 3.8) is 0 Å². The van der Waals surface area contributed by atoms with Gasteiger partial charge in [0.15, 0.2) is 0 Å². The van der Waals surface area contributed by atoms with Crippen LogP contribution < -0.4 is 5.32 Å². The topological polar surface area (TPSA) is 50.2 Å². The Kier molecular flexibility index (Phi) is 8.13. The highest BCUT2D eigenvalue weighted by Gasteiger charge is 2.17. The Balaban J connectivity index is 2.06. The third kappa shape index (κ3) is 5.32. The Labute approximate surface area is 161 Å². The van der Waals surface area contributed by atoms with Gasteiger partial charge in [-0.2, -0.15) is 5.10 Å². The average Bonchev–Trinajstić information content (AvgIpc) is 3.06. The van der Waals surface area contributed by atoms with Crippen molar-refractivity contribution in [1.29, 1.82) is 0 Å². The van der Waals surface area contributed by atoms with Crippen LogP contribution in [0.25, 0.3) is 5.69 Å². The normalized spacial score (nSPS) is 11.1. The summed E-state index contributed by atoms with van der Waals surface area (Å²) in [5.41, 5.74) is 2.51. The maximum atomic E-state index is 12.6. The summed E-state index contributed by atoms with van der Waals surface area (Å²) in [6.45, 7) is 10.2. The lowest BCUT2D eigenvalue weighted by Gasteiger charge is -2.17. The summed E-state index contributed by atoms with van der Waals surface area (Å²) >= 11 is 5.97. The number of nitrogens with zero attached hydrogens (tertiary/aromatic N) is 3. The molecule has 0 saturated heterocycles. The molecule has 0 aliphatic rings. The van der Waals surface area contributed by atoms with Gasteiger partial charge in [0.25, 0.3) is 5.91 Å². The molecule has 0 fully saturated rings. The molecule has 1 aromatic heterocycles. The van der Waals surface area contributed by atoms with Crippen LogP contribution in [0.3, 0.4) is 0 Å². The van der Waals surface area contributed by atoms with E-state index in [4.69, 9.17) is 11.6 Å². The van der Waals surface area contributed by atoms with Crippen molar-refractivity contribution in [3.05, 3.63) is 46.7 Å². The minimum absolute atomic E-state index is 0.0480. The molecule has 0 unspecified atom stereocenters. The molecule has 5 nitrogen and oxygen atoms in total. The lowest BCUT2D eigenvalue weighted by molar-refractivity contribution is 0.0951. The first-order valence-electron chi connectivity index (χ1n) is 9.44. The van der Waals surface area contributed by atoms with E-state index in [-0.39, 0.29) is 5.91 Å². The number of halogens is 1. The zero-order valence-corrected chi connectivity index (χ0v) is 16.7. The van der Waals surface area contributed by atoms with Crippen LogP contribution >= 0.6 is 11.6 Å². The van der Waals surface area contributed by atoms with Crippen molar-refractivity contribution >= 4 is 17.5 Å². The molecule has 6 heteroatoms. The Bertz CT molecular complexity index is 692. The molecule has 26 heavy (non-hydrogen) atoms. The summed E-state index contributed by atoms with van der Waals surface area (Å²) in [6, 6.07) is 7.50. The standard InChI is InChI=1S/C20H29ClN4O/c1-4-8-19-18(20(26)22-13-7-14-24(5-2)6-3)15-23-25(19)17-11-9-16(21)10-12-17/h9-12,15H,4-8,13-14H2,1-3H3,(H,22,26).